The van der Waals surface area contributed by atoms with Crippen LogP contribution in [0.4, 0.5) is 0 Å². The summed E-state index contributed by atoms with van der Waals surface area (Å²) < 4.78 is 0.823. The van der Waals surface area contributed by atoms with Gasteiger partial charge in [-0.2, -0.15) is 4.65 Å². The lowest BCUT2D eigenvalue weighted by molar-refractivity contribution is -1.10. The van der Waals surface area contributed by atoms with Crippen LogP contribution in [0.5, 0.6) is 0 Å². The number of hydrogen-bond donors (Lipinski definition) is 0. The highest BCUT2D eigenvalue weighted by Crippen LogP contribution is 2.08. The summed E-state index contributed by atoms with van der Waals surface area (Å²) in [6.07, 6.45) is 3.77. The molecular formula is C11H30BNO. The molecule has 0 atom stereocenters. The minimum atomic E-state index is 0. The lowest BCUT2D eigenvalue weighted by atomic mass is 10.3. The summed E-state index contributed by atoms with van der Waals surface area (Å²) in [4.78, 5) is 5.92. The fourth-order valence-corrected chi connectivity index (χ4v) is 1.55. The van der Waals surface area contributed by atoms with Crippen molar-refractivity contribution in [2.75, 3.05) is 26.2 Å². The number of hydroxylamine groups is 3. The third-order valence-corrected chi connectivity index (χ3v) is 2.84. The molecule has 0 saturated heterocycles. The van der Waals surface area contributed by atoms with Crippen LogP contribution in [0.15, 0.2) is 0 Å². The molecule has 0 heterocycles. The Kier molecular flexibility index (Phi) is 11.2. The molecule has 0 rings (SSSR count). The van der Waals surface area contributed by atoms with Gasteiger partial charge in [0.1, 0.15) is 26.2 Å². The van der Waals surface area contributed by atoms with E-state index in [1.807, 2.05) is 0 Å². The molecule has 0 aromatic carbocycles. The Labute approximate surface area is 91.7 Å². The fraction of sp³-hybridized carbons (Fsp3) is 1.00. The van der Waals surface area contributed by atoms with Crippen molar-refractivity contribution in [2.45, 2.75) is 47.0 Å². The van der Waals surface area contributed by atoms with E-state index in [2.05, 4.69) is 27.7 Å². The predicted octanol–water partition coefficient (Wildman–Crippen LogP) is 1.53. The Morgan fingerprint density at radius 1 is 0.857 bits per heavy atom. The Balaban J connectivity index is 0. The molecule has 0 radical (unpaired) electrons. The van der Waals surface area contributed by atoms with Crippen molar-refractivity contribution >= 4 is 8.41 Å². The summed E-state index contributed by atoms with van der Waals surface area (Å²) in [6, 6.07) is 0. The second kappa shape index (κ2) is 9.54. The first-order valence-electron chi connectivity index (χ1n) is 5.75. The van der Waals surface area contributed by atoms with Crippen molar-refractivity contribution in [3.63, 3.8) is 0 Å². The molecule has 0 N–H and O–H groups in total. The van der Waals surface area contributed by atoms with E-state index in [-0.39, 0.29) is 8.41 Å². The lowest BCUT2D eigenvalue weighted by Crippen LogP contribution is -2.47. The molecule has 0 aromatic rings. The van der Waals surface area contributed by atoms with Gasteiger partial charge in [-0.05, 0) is 27.2 Å². The number of nitrogens with zero attached hydrogens (tertiary/aromatic N) is 1. The normalized spacial score (nSPS) is 11.1. The van der Waals surface area contributed by atoms with Crippen LogP contribution < -0.4 is 0 Å². The Morgan fingerprint density at radius 2 is 1.36 bits per heavy atom. The third-order valence-electron chi connectivity index (χ3n) is 2.84. The summed E-state index contributed by atoms with van der Waals surface area (Å²) in [5.41, 5.74) is 0. The molecule has 0 aliphatic rings. The van der Waals surface area contributed by atoms with Crippen LogP contribution in [0.3, 0.4) is 0 Å². The van der Waals surface area contributed by atoms with Crippen LogP contribution in [0.1, 0.15) is 47.0 Å². The van der Waals surface area contributed by atoms with Gasteiger partial charge in [-0.3, -0.25) is 0 Å². The zero-order valence-electron chi connectivity index (χ0n) is 9.81. The molecule has 3 heteroatoms. The molecule has 0 amide bonds. The van der Waals surface area contributed by atoms with Crippen molar-refractivity contribution in [1.29, 1.82) is 0 Å². The van der Waals surface area contributed by atoms with E-state index in [4.69, 9.17) is 4.84 Å². The average Bonchev–Trinajstić information content (AvgIpc) is 2.20. The van der Waals surface area contributed by atoms with Crippen molar-refractivity contribution in [2.24, 2.45) is 0 Å². The summed E-state index contributed by atoms with van der Waals surface area (Å²) in [7, 11) is 0. The first-order valence-corrected chi connectivity index (χ1v) is 5.75. The maximum absolute atomic E-state index is 5.92. The topological polar surface area (TPSA) is 9.23 Å². The second-order valence-corrected chi connectivity index (χ2v) is 3.55. The quantitative estimate of drug-likeness (QED) is 0.251. The van der Waals surface area contributed by atoms with Gasteiger partial charge in [0.15, 0.2) is 0 Å². The standard InChI is InChI=1S/C11H26NO.BH4/c1-5-9-10-11-13-12(6-2,7-3)8-4;/h5-11H2,1-4H3;1H4/q+1;-1. The molecule has 0 unspecified atom stereocenters. The van der Waals surface area contributed by atoms with Gasteiger partial charge in [-0.15, -0.1) is 0 Å². The number of quaternary nitrogens is 1. The molecular weight excluding hydrogens is 173 g/mol. The molecule has 2 nitrogen and oxygen atoms in total. The average molecular weight is 203 g/mol. The monoisotopic (exact) mass is 203 g/mol. The van der Waals surface area contributed by atoms with Crippen molar-refractivity contribution in [1.82, 2.24) is 0 Å². The summed E-state index contributed by atoms with van der Waals surface area (Å²) in [6.45, 7) is 13.0. The minimum Gasteiger partial charge on any atom is -0.203 e. The van der Waals surface area contributed by atoms with Gasteiger partial charge in [-0.1, -0.05) is 28.2 Å². The second-order valence-electron chi connectivity index (χ2n) is 3.55. The lowest BCUT2D eigenvalue weighted by Gasteiger charge is -2.32. The van der Waals surface area contributed by atoms with E-state index >= 15 is 0 Å². The third kappa shape index (κ3) is 5.66. The molecule has 0 bridgehead atoms. The Bertz CT molecular complexity index is 108. The molecule has 0 spiro atoms. The number of rotatable bonds is 8. The highest BCUT2D eigenvalue weighted by atomic mass is 16.7. The van der Waals surface area contributed by atoms with Crippen molar-refractivity contribution in [3.05, 3.63) is 0 Å². The highest BCUT2D eigenvalue weighted by molar-refractivity contribution is 5.75. The SMILES string of the molecule is CCCCCO[N+](CC)(CC)CC.[BH4-]. The van der Waals surface area contributed by atoms with E-state index in [0.717, 1.165) is 30.9 Å². The summed E-state index contributed by atoms with van der Waals surface area (Å²) in [5, 5.41) is 0. The molecule has 14 heavy (non-hydrogen) atoms. The van der Waals surface area contributed by atoms with E-state index < -0.39 is 0 Å². The fourth-order valence-electron chi connectivity index (χ4n) is 1.55. The zero-order valence-corrected chi connectivity index (χ0v) is 9.81. The highest BCUT2D eigenvalue weighted by Gasteiger charge is 2.21. The number of hydrogen-bond acceptors (Lipinski definition) is 1. The first kappa shape index (κ1) is 16.4. The number of unbranched alkanes of at least 4 members (excludes halogenated alkanes) is 2. The van der Waals surface area contributed by atoms with Crippen LogP contribution in [0, 0.1) is 0 Å². The molecule has 88 valence electrons. The van der Waals surface area contributed by atoms with Crippen LogP contribution in [-0.4, -0.2) is 39.3 Å². The van der Waals surface area contributed by atoms with Gasteiger partial charge < -0.3 is 0 Å². The van der Waals surface area contributed by atoms with Crippen LogP contribution in [-0.2, 0) is 4.84 Å². The Hall–Kier alpha value is -0.0151. The largest absolute Gasteiger partial charge is 0.203 e. The van der Waals surface area contributed by atoms with E-state index in [9.17, 15) is 0 Å². The maximum Gasteiger partial charge on any atom is 0.106 e. The van der Waals surface area contributed by atoms with Gasteiger partial charge in [0, 0.05) is 0 Å². The molecule has 0 fully saturated rings. The van der Waals surface area contributed by atoms with E-state index in [1.54, 1.807) is 0 Å². The predicted molar refractivity (Wildman–Crippen MR) is 68.7 cm³/mol. The first-order chi connectivity index (χ1) is 6.24. The molecule has 0 aliphatic carbocycles. The Morgan fingerprint density at radius 3 is 1.71 bits per heavy atom. The molecule has 0 aromatic heterocycles. The van der Waals surface area contributed by atoms with Gasteiger partial charge in [0.2, 0.25) is 0 Å². The minimum absolute atomic E-state index is 0. The smallest absolute Gasteiger partial charge is 0.106 e. The van der Waals surface area contributed by atoms with Gasteiger partial charge in [-0.25, -0.2) is 4.84 Å². The zero-order chi connectivity index (χ0) is 10.2. The van der Waals surface area contributed by atoms with Crippen LogP contribution in [0.2, 0.25) is 0 Å². The van der Waals surface area contributed by atoms with Gasteiger partial charge in [0.25, 0.3) is 0 Å². The van der Waals surface area contributed by atoms with Crippen LogP contribution in [0.25, 0.3) is 0 Å². The van der Waals surface area contributed by atoms with Gasteiger partial charge >= 0.3 is 0 Å². The molecule has 0 saturated carbocycles. The van der Waals surface area contributed by atoms with E-state index in [0.29, 0.717) is 0 Å². The summed E-state index contributed by atoms with van der Waals surface area (Å²) >= 11 is 0. The summed E-state index contributed by atoms with van der Waals surface area (Å²) in [5.74, 6) is 0. The van der Waals surface area contributed by atoms with Crippen molar-refractivity contribution in [3.8, 4) is 0 Å². The van der Waals surface area contributed by atoms with Crippen LogP contribution >= 0.6 is 0 Å². The maximum atomic E-state index is 5.92. The molecule has 0 aliphatic heterocycles. The van der Waals surface area contributed by atoms with E-state index in [1.165, 1.54) is 19.3 Å². The van der Waals surface area contributed by atoms with Crippen molar-refractivity contribution < 1.29 is 9.48 Å². The van der Waals surface area contributed by atoms with Gasteiger partial charge in [0.05, 0.1) is 0 Å².